The van der Waals surface area contributed by atoms with Crippen LogP contribution in [0.2, 0.25) is 0 Å². The van der Waals surface area contributed by atoms with Crippen LogP contribution in [0, 0.1) is 0 Å². The number of hydrogen-bond donors (Lipinski definition) is 0. The van der Waals surface area contributed by atoms with Gasteiger partial charge in [-0.05, 0) is 172 Å². The number of hydrogen-bond acceptors (Lipinski definition) is 12. The Morgan fingerprint density at radius 1 is 0.312 bits per heavy atom. The molecule has 77 heavy (non-hydrogen) atoms. The van der Waals surface area contributed by atoms with Crippen molar-refractivity contribution in [2.24, 2.45) is 0 Å². The number of ether oxygens (including phenoxy) is 6. The number of benzene rings is 6. The van der Waals surface area contributed by atoms with Crippen molar-refractivity contribution >= 4 is 35.8 Å². The molecule has 0 heterocycles. The fraction of sp³-hybridized carbons (Fsp3) is 0.354. The zero-order valence-corrected chi connectivity index (χ0v) is 44.9. The van der Waals surface area contributed by atoms with Crippen molar-refractivity contribution in [3.63, 3.8) is 0 Å². The molecular formula is C65H72O12. The normalized spacial score (nSPS) is 11.7. The van der Waals surface area contributed by atoms with Crippen molar-refractivity contribution in [1.82, 2.24) is 0 Å². The van der Waals surface area contributed by atoms with E-state index in [2.05, 4.69) is 13.8 Å². The van der Waals surface area contributed by atoms with Gasteiger partial charge in [0.1, 0.15) is 23.0 Å². The topological polar surface area (TPSA) is 158 Å². The molecule has 0 fully saturated rings. The van der Waals surface area contributed by atoms with E-state index in [1.165, 1.54) is 87.1 Å². The Morgan fingerprint density at radius 3 is 0.909 bits per heavy atom. The van der Waals surface area contributed by atoms with Crippen LogP contribution >= 0.6 is 0 Å². The minimum absolute atomic E-state index is 0.136. The molecule has 0 aliphatic carbocycles. The van der Waals surface area contributed by atoms with E-state index in [9.17, 15) is 28.8 Å². The van der Waals surface area contributed by atoms with Crippen molar-refractivity contribution in [3.05, 3.63) is 168 Å². The quantitative estimate of drug-likeness (QED) is 0.0239. The predicted octanol–water partition coefficient (Wildman–Crippen LogP) is 15.7. The van der Waals surface area contributed by atoms with Crippen LogP contribution in [0.4, 0.5) is 0 Å². The van der Waals surface area contributed by atoms with E-state index in [1.807, 2.05) is 62.4 Å². The molecule has 0 aliphatic rings. The van der Waals surface area contributed by atoms with Crippen LogP contribution in [0.5, 0.6) is 23.0 Å². The summed E-state index contributed by atoms with van der Waals surface area (Å²) in [6.07, 6.45) is 15.0. The molecule has 0 spiro atoms. The highest BCUT2D eigenvalue weighted by Crippen LogP contribution is 2.27. The van der Waals surface area contributed by atoms with Crippen molar-refractivity contribution in [1.29, 1.82) is 0 Å². The largest absolute Gasteiger partial charge is 0.459 e. The average molecular weight is 1050 g/mol. The lowest BCUT2D eigenvalue weighted by molar-refractivity contribution is -0.134. The molecule has 0 aromatic heterocycles. The Balaban J connectivity index is 0.828. The van der Waals surface area contributed by atoms with Crippen LogP contribution in [-0.4, -0.2) is 48.0 Å². The number of rotatable bonds is 30. The summed E-state index contributed by atoms with van der Waals surface area (Å²) in [4.78, 5) is 76.2. The van der Waals surface area contributed by atoms with E-state index in [4.69, 9.17) is 28.4 Å². The van der Waals surface area contributed by atoms with Crippen LogP contribution in [-0.2, 0) is 19.1 Å². The summed E-state index contributed by atoms with van der Waals surface area (Å²) >= 11 is 0. The van der Waals surface area contributed by atoms with Crippen LogP contribution < -0.4 is 18.9 Å². The maximum absolute atomic E-state index is 12.9. The highest BCUT2D eigenvalue weighted by Gasteiger charge is 2.17. The van der Waals surface area contributed by atoms with Gasteiger partial charge in [0.05, 0.1) is 34.5 Å². The molecule has 12 heteroatoms. The standard InChI is InChI=1S/C65H72O12/c1-5-7-9-11-14-18-46(3)72-62(68)52-26-22-48(23-27-52)50-30-38-58(39-31-50)76-64(70)54-34-42-56(43-35-54)74-60(66)20-16-13-17-21-61(67)75-57-44-36-55(37-45-57)65(71)77-59-40-32-51(33-41-59)49-24-28-53(29-25-49)63(69)73-47(4)19-15-12-10-8-6-2/h22-47H,5-21H2,1-4H3. The summed E-state index contributed by atoms with van der Waals surface area (Å²) in [5.74, 6) is -1.41. The second-order valence-corrected chi connectivity index (χ2v) is 19.4. The van der Waals surface area contributed by atoms with Gasteiger partial charge in [0, 0.05) is 12.8 Å². The molecule has 0 bridgehead atoms. The van der Waals surface area contributed by atoms with Crippen molar-refractivity contribution in [2.75, 3.05) is 0 Å². The molecule has 2 atom stereocenters. The average Bonchev–Trinajstić information content (AvgIpc) is 3.44. The molecule has 404 valence electrons. The summed E-state index contributed by atoms with van der Waals surface area (Å²) < 4.78 is 33.3. The summed E-state index contributed by atoms with van der Waals surface area (Å²) in [6.45, 7) is 8.24. The van der Waals surface area contributed by atoms with Crippen LogP contribution in [0.1, 0.15) is 178 Å². The Hall–Kier alpha value is -7.86. The minimum Gasteiger partial charge on any atom is -0.459 e. The lowest BCUT2D eigenvalue weighted by Gasteiger charge is -2.13. The van der Waals surface area contributed by atoms with Crippen molar-refractivity contribution < 1.29 is 57.2 Å². The molecule has 0 saturated heterocycles. The highest BCUT2D eigenvalue weighted by atomic mass is 16.6. The third-order valence-corrected chi connectivity index (χ3v) is 13.0. The lowest BCUT2D eigenvalue weighted by atomic mass is 10.0. The lowest BCUT2D eigenvalue weighted by Crippen LogP contribution is -2.15. The molecule has 6 rings (SSSR count). The van der Waals surface area contributed by atoms with E-state index >= 15 is 0 Å². The van der Waals surface area contributed by atoms with E-state index in [0.717, 1.165) is 60.8 Å². The summed E-state index contributed by atoms with van der Waals surface area (Å²) in [6, 6.07) is 40.7. The van der Waals surface area contributed by atoms with Gasteiger partial charge in [-0.2, -0.15) is 0 Å². The van der Waals surface area contributed by atoms with Gasteiger partial charge in [-0.3, -0.25) is 9.59 Å². The van der Waals surface area contributed by atoms with E-state index in [1.54, 1.807) is 48.5 Å². The first-order chi connectivity index (χ1) is 37.4. The van der Waals surface area contributed by atoms with Crippen molar-refractivity contribution in [3.8, 4) is 45.3 Å². The van der Waals surface area contributed by atoms with Gasteiger partial charge >= 0.3 is 35.8 Å². The fourth-order valence-electron chi connectivity index (χ4n) is 8.45. The molecule has 0 N–H and O–H groups in total. The Bertz CT molecular complexity index is 2610. The minimum atomic E-state index is -0.571. The Labute approximate surface area is 453 Å². The number of unbranched alkanes of at least 4 members (excludes halogenated alkanes) is 10. The second-order valence-electron chi connectivity index (χ2n) is 19.4. The predicted molar refractivity (Wildman–Crippen MR) is 297 cm³/mol. The summed E-state index contributed by atoms with van der Waals surface area (Å²) in [5, 5.41) is 0. The van der Waals surface area contributed by atoms with Gasteiger partial charge in [0.25, 0.3) is 0 Å². The molecule has 2 unspecified atom stereocenters. The summed E-state index contributed by atoms with van der Waals surface area (Å²) in [7, 11) is 0. The van der Waals surface area contributed by atoms with E-state index in [-0.39, 0.29) is 59.6 Å². The number of carbonyl (C=O) groups is 6. The summed E-state index contributed by atoms with van der Waals surface area (Å²) in [5.41, 5.74) is 5.10. The van der Waals surface area contributed by atoms with Crippen LogP contribution in [0.15, 0.2) is 146 Å². The first-order valence-corrected chi connectivity index (χ1v) is 27.3. The van der Waals surface area contributed by atoms with Gasteiger partial charge in [0.2, 0.25) is 0 Å². The zero-order chi connectivity index (χ0) is 54.8. The zero-order valence-electron chi connectivity index (χ0n) is 44.9. The maximum atomic E-state index is 12.9. The smallest absolute Gasteiger partial charge is 0.343 e. The number of carbonyl (C=O) groups excluding carboxylic acids is 6. The van der Waals surface area contributed by atoms with E-state index < -0.39 is 23.9 Å². The van der Waals surface area contributed by atoms with Gasteiger partial charge in [-0.25, -0.2) is 19.2 Å². The SMILES string of the molecule is CCCCCCCC(C)OC(=O)c1ccc(-c2ccc(OC(=O)c3ccc(OC(=O)CCCCCC(=O)Oc4ccc(C(=O)Oc5ccc(-c6ccc(C(=O)OC(C)CCCCCCC)cc6)cc5)cc4)cc3)cc2)cc1. The first kappa shape index (κ1) is 58.4. The van der Waals surface area contributed by atoms with E-state index in [0.29, 0.717) is 41.9 Å². The van der Waals surface area contributed by atoms with Gasteiger partial charge in [-0.15, -0.1) is 0 Å². The van der Waals surface area contributed by atoms with Crippen LogP contribution in [0.25, 0.3) is 22.3 Å². The second kappa shape index (κ2) is 31.3. The van der Waals surface area contributed by atoms with Crippen LogP contribution in [0.3, 0.4) is 0 Å². The maximum Gasteiger partial charge on any atom is 0.343 e. The molecule has 0 radical (unpaired) electrons. The first-order valence-electron chi connectivity index (χ1n) is 27.3. The molecule has 6 aromatic carbocycles. The monoisotopic (exact) mass is 1040 g/mol. The fourth-order valence-corrected chi connectivity index (χ4v) is 8.45. The van der Waals surface area contributed by atoms with Gasteiger partial charge in [-0.1, -0.05) is 120 Å². The molecule has 6 aromatic rings. The Kier molecular flexibility index (Phi) is 23.7. The molecule has 0 amide bonds. The molecular weight excluding hydrogens is 973 g/mol. The highest BCUT2D eigenvalue weighted by molar-refractivity contribution is 5.93. The molecule has 0 aliphatic heterocycles. The third kappa shape index (κ3) is 20.0. The third-order valence-electron chi connectivity index (χ3n) is 13.0. The molecule has 12 nitrogen and oxygen atoms in total. The molecule has 0 saturated carbocycles. The van der Waals surface area contributed by atoms with Gasteiger partial charge in [0.15, 0.2) is 0 Å². The Morgan fingerprint density at radius 2 is 0.571 bits per heavy atom. The van der Waals surface area contributed by atoms with Gasteiger partial charge < -0.3 is 28.4 Å². The number of esters is 6. The van der Waals surface area contributed by atoms with Crippen molar-refractivity contribution in [2.45, 2.75) is 149 Å².